The fourth-order valence-corrected chi connectivity index (χ4v) is 3.34. The van der Waals surface area contributed by atoms with E-state index in [-0.39, 0.29) is 28.7 Å². The lowest BCUT2D eigenvalue weighted by atomic mass is 9.52. The molecule has 0 spiro atoms. The average molecular weight is 318 g/mol. The van der Waals surface area contributed by atoms with Crippen molar-refractivity contribution in [1.29, 1.82) is 0 Å². The molecule has 2 atom stereocenters. The average Bonchev–Trinajstić information content (AvgIpc) is 2.50. The number of carbonyl (C=O) groups is 2. The third-order valence-electron chi connectivity index (χ3n) is 5.00. The van der Waals surface area contributed by atoms with E-state index >= 15 is 0 Å². The first kappa shape index (κ1) is 17.0. The van der Waals surface area contributed by atoms with Crippen molar-refractivity contribution in [3.63, 3.8) is 0 Å². The highest BCUT2D eigenvalue weighted by Crippen LogP contribution is 2.53. The van der Waals surface area contributed by atoms with Crippen LogP contribution in [0, 0.1) is 17.3 Å². The summed E-state index contributed by atoms with van der Waals surface area (Å²) in [5.41, 5.74) is 0.949. The minimum atomic E-state index is -1.07. The molecule has 0 saturated heterocycles. The minimum absolute atomic E-state index is 0.0786. The zero-order valence-corrected chi connectivity index (χ0v) is 13.5. The number of amides is 1. The Morgan fingerprint density at radius 1 is 1.35 bits per heavy atom. The highest BCUT2D eigenvalue weighted by Gasteiger charge is 2.49. The predicted octanol–water partition coefficient (Wildman–Crippen LogP) is 3.23. The van der Waals surface area contributed by atoms with Crippen LogP contribution >= 0.6 is 0 Å². The van der Waals surface area contributed by atoms with Crippen LogP contribution in [0.15, 0.2) is 29.4 Å². The molecule has 0 aliphatic heterocycles. The molecule has 23 heavy (non-hydrogen) atoms. The normalized spacial score (nSPS) is 23.0. The number of benzene rings is 1. The van der Waals surface area contributed by atoms with Crippen LogP contribution in [-0.2, 0) is 4.79 Å². The summed E-state index contributed by atoms with van der Waals surface area (Å²) in [6.45, 7) is 5.89. The summed E-state index contributed by atoms with van der Waals surface area (Å²) in [6.07, 6.45) is 1.10. The van der Waals surface area contributed by atoms with Gasteiger partial charge in [0.05, 0.1) is 17.0 Å². The summed E-state index contributed by atoms with van der Waals surface area (Å²) < 4.78 is 0. The van der Waals surface area contributed by atoms with Gasteiger partial charge in [-0.15, -0.1) is 0 Å². The number of anilines is 1. The van der Waals surface area contributed by atoms with Crippen LogP contribution in [0.3, 0.4) is 0 Å². The van der Waals surface area contributed by atoms with Gasteiger partial charge >= 0.3 is 5.97 Å². The number of hydrogen-bond donors (Lipinski definition) is 3. The molecule has 1 amide bonds. The zero-order chi connectivity index (χ0) is 17.2. The Morgan fingerprint density at radius 3 is 2.57 bits per heavy atom. The summed E-state index contributed by atoms with van der Waals surface area (Å²) in [6, 6.07) is 6.35. The topological polar surface area (TPSA) is 99.0 Å². The number of para-hydroxylation sites is 1. The molecule has 0 aromatic heterocycles. The summed E-state index contributed by atoms with van der Waals surface area (Å²) in [4.78, 5) is 23.4. The summed E-state index contributed by atoms with van der Waals surface area (Å²) in [7, 11) is 0. The van der Waals surface area contributed by atoms with Gasteiger partial charge in [0.1, 0.15) is 0 Å². The van der Waals surface area contributed by atoms with Crippen LogP contribution in [0.4, 0.5) is 5.69 Å². The van der Waals surface area contributed by atoms with E-state index in [0.29, 0.717) is 17.8 Å². The third-order valence-corrected chi connectivity index (χ3v) is 5.00. The van der Waals surface area contributed by atoms with Crippen molar-refractivity contribution < 1.29 is 19.9 Å². The Morgan fingerprint density at radius 2 is 2.00 bits per heavy atom. The van der Waals surface area contributed by atoms with Gasteiger partial charge in [-0.05, 0) is 36.8 Å². The van der Waals surface area contributed by atoms with Crippen LogP contribution in [0.25, 0.3) is 0 Å². The first-order chi connectivity index (χ1) is 10.8. The third kappa shape index (κ3) is 3.36. The maximum absolute atomic E-state index is 12.2. The van der Waals surface area contributed by atoms with Gasteiger partial charge in [-0.25, -0.2) is 4.79 Å². The van der Waals surface area contributed by atoms with Gasteiger partial charge in [0, 0.05) is 12.3 Å². The van der Waals surface area contributed by atoms with Gasteiger partial charge in [-0.1, -0.05) is 31.1 Å². The first-order valence-electron chi connectivity index (χ1n) is 7.58. The maximum atomic E-state index is 12.2. The Bertz CT molecular complexity index is 652. The van der Waals surface area contributed by atoms with Gasteiger partial charge in [0.2, 0.25) is 5.91 Å². The fourth-order valence-electron chi connectivity index (χ4n) is 3.34. The van der Waals surface area contributed by atoms with Crippen molar-refractivity contribution in [3.05, 3.63) is 29.8 Å². The van der Waals surface area contributed by atoms with Crippen LogP contribution in [0.5, 0.6) is 0 Å². The molecule has 1 aromatic carbocycles. The van der Waals surface area contributed by atoms with Crippen LogP contribution in [0.1, 0.15) is 44.0 Å². The van der Waals surface area contributed by atoms with Gasteiger partial charge < -0.3 is 15.6 Å². The molecule has 1 fully saturated rings. The molecule has 2 rings (SSSR count). The van der Waals surface area contributed by atoms with Crippen molar-refractivity contribution in [2.24, 2.45) is 22.4 Å². The number of aromatic carboxylic acids is 1. The fraction of sp³-hybridized carbons (Fsp3) is 0.471. The zero-order valence-electron chi connectivity index (χ0n) is 13.5. The van der Waals surface area contributed by atoms with Crippen molar-refractivity contribution in [2.45, 2.75) is 33.6 Å². The first-order valence-corrected chi connectivity index (χ1v) is 7.58. The SMILES string of the molecule is C/C(=N\O)C1CC(CC(=O)Nc2ccccc2C(=O)O)C1(C)C. The predicted molar refractivity (Wildman–Crippen MR) is 86.9 cm³/mol. The maximum Gasteiger partial charge on any atom is 0.337 e. The Hall–Kier alpha value is -2.37. The van der Waals surface area contributed by atoms with Gasteiger partial charge in [-0.2, -0.15) is 0 Å². The minimum Gasteiger partial charge on any atom is -0.478 e. The molecule has 1 aromatic rings. The highest BCUT2D eigenvalue weighted by molar-refractivity contribution is 6.00. The Kier molecular flexibility index (Phi) is 4.73. The summed E-state index contributed by atoms with van der Waals surface area (Å²) in [5.74, 6) is -0.939. The molecule has 2 unspecified atom stereocenters. The monoisotopic (exact) mass is 318 g/mol. The molecule has 0 radical (unpaired) electrons. The number of carboxylic acids is 1. The number of oxime groups is 1. The number of rotatable bonds is 5. The molecule has 0 bridgehead atoms. The molecule has 0 heterocycles. The van der Waals surface area contributed by atoms with E-state index in [1.807, 2.05) is 0 Å². The smallest absolute Gasteiger partial charge is 0.337 e. The van der Waals surface area contributed by atoms with Gasteiger partial charge in [-0.3, -0.25) is 4.79 Å². The number of hydrogen-bond acceptors (Lipinski definition) is 4. The van der Waals surface area contributed by atoms with E-state index in [9.17, 15) is 9.59 Å². The lowest BCUT2D eigenvalue weighted by Gasteiger charge is -2.52. The number of carboxylic acid groups (broad SMARTS) is 1. The number of nitrogens with one attached hydrogen (secondary N) is 1. The molecule has 1 aliphatic rings. The van der Waals surface area contributed by atoms with Crippen LogP contribution < -0.4 is 5.32 Å². The van der Waals surface area contributed by atoms with Crippen molar-refractivity contribution in [3.8, 4) is 0 Å². The standard InChI is InChI=1S/C17H22N2O4/c1-10(19-23)13-8-11(17(13,2)3)9-15(20)18-14-7-5-4-6-12(14)16(21)22/h4-7,11,13,23H,8-9H2,1-3H3,(H,18,20)(H,21,22)/b19-10+. The van der Waals surface area contributed by atoms with Crippen molar-refractivity contribution >= 4 is 23.3 Å². The molecular formula is C17H22N2O4. The van der Waals surface area contributed by atoms with Gasteiger partial charge in [0.15, 0.2) is 0 Å². The Labute approximate surface area is 135 Å². The second kappa shape index (κ2) is 6.40. The van der Waals surface area contributed by atoms with E-state index in [1.165, 1.54) is 6.07 Å². The van der Waals surface area contributed by atoms with Crippen LogP contribution in [0.2, 0.25) is 0 Å². The Balaban J connectivity index is 2.01. The number of carbonyl (C=O) groups excluding carboxylic acids is 1. The second-order valence-corrected chi connectivity index (χ2v) is 6.65. The number of nitrogens with zero attached hydrogens (tertiary/aromatic N) is 1. The molecule has 6 nitrogen and oxygen atoms in total. The van der Waals surface area contributed by atoms with E-state index in [1.54, 1.807) is 25.1 Å². The van der Waals surface area contributed by atoms with E-state index in [2.05, 4.69) is 24.3 Å². The van der Waals surface area contributed by atoms with Crippen LogP contribution in [-0.4, -0.2) is 27.9 Å². The molecule has 1 saturated carbocycles. The summed E-state index contributed by atoms with van der Waals surface area (Å²) >= 11 is 0. The molecule has 1 aliphatic carbocycles. The molecular weight excluding hydrogens is 296 g/mol. The quantitative estimate of drug-likeness (QED) is 0.441. The van der Waals surface area contributed by atoms with Crippen molar-refractivity contribution in [2.75, 3.05) is 5.32 Å². The molecule has 124 valence electrons. The highest BCUT2D eigenvalue weighted by atomic mass is 16.4. The van der Waals surface area contributed by atoms with Crippen molar-refractivity contribution in [1.82, 2.24) is 0 Å². The lowest BCUT2D eigenvalue weighted by molar-refractivity contribution is -0.120. The second-order valence-electron chi connectivity index (χ2n) is 6.65. The summed E-state index contributed by atoms with van der Waals surface area (Å²) in [5, 5.41) is 24.0. The van der Waals surface area contributed by atoms with Gasteiger partial charge in [0.25, 0.3) is 0 Å². The van der Waals surface area contributed by atoms with E-state index in [4.69, 9.17) is 10.3 Å². The van der Waals surface area contributed by atoms with E-state index < -0.39 is 5.97 Å². The van der Waals surface area contributed by atoms with E-state index in [0.717, 1.165) is 6.42 Å². The molecule has 3 N–H and O–H groups in total. The largest absolute Gasteiger partial charge is 0.478 e. The molecule has 6 heteroatoms. The lowest BCUT2D eigenvalue weighted by Crippen LogP contribution is -2.49.